The van der Waals surface area contributed by atoms with Crippen LogP contribution < -0.4 is 0 Å². The summed E-state index contributed by atoms with van der Waals surface area (Å²) in [5.41, 5.74) is 5.17. The normalized spacial score (nSPS) is 40.5. The lowest BCUT2D eigenvalue weighted by atomic mass is 9.64. The fraction of sp³-hybridized carbons (Fsp3) is 0.846. The van der Waals surface area contributed by atoms with Crippen LogP contribution in [0.25, 0.3) is 0 Å². The molecule has 1 heteroatoms. The van der Waals surface area contributed by atoms with Crippen molar-refractivity contribution in [1.29, 1.82) is 0 Å². The summed E-state index contributed by atoms with van der Waals surface area (Å²) in [6.07, 6.45) is 11.7. The predicted molar refractivity (Wildman–Crippen MR) is 61.6 cm³/mol. The zero-order valence-corrected chi connectivity index (χ0v) is 9.58. The standard InChI is InChI=1S/C13H18S/c14-11-6-12(1-2-12)8-13(7-11)4-9-3-10(9)5-13/h11,14H,1-8H2/t11-/m0/s1. The van der Waals surface area contributed by atoms with E-state index in [1.54, 1.807) is 6.42 Å². The highest BCUT2D eigenvalue weighted by atomic mass is 32.1. The lowest BCUT2D eigenvalue weighted by molar-refractivity contribution is 0.135. The molecule has 1 atom stereocenters. The van der Waals surface area contributed by atoms with Crippen LogP contribution >= 0.6 is 12.6 Å². The lowest BCUT2D eigenvalue weighted by Crippen LogP contribution is -2.34. The molecular formula is C13H18S. The summed E-state index contributed by atoms with van der Waals surface area (Å²) in [5, 5.41) is 0.713. The molecule has 0 nitrogen and oxygen atoms in total. The van der Waals surface area contributed by atoms with Crippen molar-refractivity contribution in [2.75, 3.05) is 0 Å². The molecule has 2 fully saturated rings. The summed E-state index contributed by atoms with van der Waals surface area (Å²) in [7, 11) is 0. The maximum atomic E-state index is 4.79. The Balaban J connectivity index is 1.61. The van der Waals surface area contributed by atoms with Crippen LogP contribution in [-0.4, -0.2) is 5.25 Å². The van der Waals surface area contributed by atoms with E-state index in [-0.39, 0.29) is 0 Å². The Labute approximate surface area is 91.6 Å². The Kier molecular flexibility index (Phi) is 1.34. The number of hydrogen-bond donors (Lipinski definition) is 1. The third-order valence-electron chi connectivity index (χ3n) is 5.02. The monoisotopic (exact) mass is 206 g/mol. The summed E-state index contributed by atoms with van der Waals surface area (Å²) in [6.45, 7) is 0. The van der Waals surface area contributed by atoms with E-state index in [1.165, 1.54) is 44.9 Å². The predicted octanol–water partition coefficient (Wildman–Crippen LogP) is 3.73. The van der Waals surface area contributed by atoms with E-state index >= 15 is 0 Å². The molecule has 0 radical (unpaired) electrons. The van der Waals surface area contributed by atoms with Crippen LogP contribution in [0.4, 0.5) is 0 Å². The first kappa shape index (κ1) is 8.27. The van der Waals surface area contributed by atoms with Crippen LogP contribution in [0.1, 0.15) is 51.4 Å². The molecular weight excluding hydrogens is 188 g/mol. The Morgan fingerprint density at radius 2 is 1.64 bits per heavy atom. The smallest absolute Gasteiger partial charge is 0.00276 e. The molecule has 14 heavy (non-hydrogen) atoms. The molecule has 0 amide bonds. The van der Waals surface area contributed by atoms with Gasteiger partial charge in [-0.15, -0.1) is 0 Å². The number of hydrogen-bond acceptors (Lipinski definition) is 1. The highest BCUT2D eigenvalue weighted by Crippen LogP contribution is 2.69. The topological polar surface area (TPSA) is 0 Å². The minimum absolute atomic E-state index is 0.712. The zero-order chi connectivity index (χ0) is 9.39. The molecule has 0 N–H and O–H groups in total. The first-order valence-corrected chi connectivity index (χ1v) is 6.58. The molecule has 0 aliphatic heterocycles. The Hall–Kier alpha value is 0.0900. The molecule has 0 heterocycles. The van der Waals surface area contributed by atoms with Gasteiger partial charge in [0, 0.05) is 5.25 Å². The van der Waals surface area contributed by atoms with Gasteiger partial charge in [-0.25, -0.2) is 0 Å². The van der Waals surface area contributed by atoms with Gasteiger partial charge in [0.1, 0.15) is 0 Å². The van der Waals surface area contributed by atoms with Gasteiger partial charge in [-0.3, -0.25) is 0 Å². The van der Waals surface area contributed by atoms with E-state index in [1.807, 2.05) is 11.1 Å². The molecule has 0 aromatic rings. The molecule has 4 aliphatic rings. The Morgan fingerprint density at radius 1 is 1.00 bits per heavy atom. The maximum Gasteiger partial charge on any atom is 0.00276 e. The summed E-state index contributed by atoms with van der Waals surface area (Å²) < 4.78 is 0. The van der Waals surface area contributed by atoms with Crippen molar-refractivity contribution < 1.29 is 0 Å². The molecule has 0 unspecified atom stereocenters. The second kappa shape index (κ2) is 2.26. The van der Waals surface area contributed by atoms with Crippen LogP contribution in [-0.2, 0) is 0 Å². The first-order valence-electron chi connectivity index (χ1n) is 6.07. The number of allylic oxidation sites excluding steroid dienone is 2. The fourth-order valence-electron chi connectivity index (χ4n) is 4.39. The molecule has 4 aliphatic carbocycles. The van der Waals surface area contributed by atoms with E-state index in [0.29, 0.717) is 10.7 Å². The molecule has 4 rings (SSSR count). The van der Waals surface area contributed by atoms with Gasteiger partial charge in [0.05, 0.1) is 0 Å². The van der Waals surface area contributed by atoms with Crippen molar-refractivity contribution in [2.24, 2.45) is 10.8 Å². The average molecular weight is 206 g/mol. The maximum absolute atomic E-state index is 4.79. The third kappa shape index (κ3) is 1.08. The third-order valence-corrected chi connectivity index (χ3v) is 5.39. The summed E-state index contributed by atoms with van der Waals surface area (Å²) in [6, 6.07) is 0. The van der Waals surface area contributed by atoms with Gasteiger partial charge >= 0.3 is 0 Å². The quantitative estimate of drug-likeness (QED) is 0.453. The summed E-state index contributed by atoms with van der Waals surface area (Å²) in [5.74, 6) is 0. The minimum atomic E-state index is 0.712. The van der Waals surface area contributed by atoms with Crippen LogP contribution in [0.3, 0.4) is 0 Å². The molecule has 76 valence electrons. The molecule has 2 saturated carbocycles. The molecule has 2 spiro atoms. The average Bonchev–Trinajstić information content (AvgIpc) is 2.94. The van der Waals surface area contributed by atoms with Crippen LogP contribution in [0.5, 0.6) is 0 Å². The van der Waals surface area contributed by atoms with Crippen molar-refractivity contribution in [3.8, 4) is 0 Å². The van der Waals surface area contributed by atoms with Gasteiger partial charge < -0.3 is 0 Å². The van der Waals surface area contributed by atoms with Crippen LogP contribution in [0.15, 0.2) is 11.1 Å². The van der Waals surface area contributed by atoms with Gasteiger partial charge in [0.25, 0.3) is 0 Å². The minimum Gasteiger partial charge on any atom is -0.176 e. The van der Waals surface area contributed by atoms with Gasteiger partial charge in [-0.05, 0) is 62.2 Å². The van der Waals surface area contributed by atoms with E-state index in [4.69, 9.17) is 12.6 Å². The Bertz CT molecular complexity index is 321. The fourth-order valence-corrected chi connectivity index (χ4v) is 5.17. The van der Waals surface area contributed by atoms with Crippen molar-refractivity contribution in [1.82, 2.24) is 0 Å². The lowest BCUT2D eigenvalue weighted by Gasteiger charge is -2.43. The number of thiol groups is 1. The van der Waals surface area contributed by atoms with Crippen molar-refractivity contribution in [3.63, 3.8) is 0 Å². The van der Waals surface area contributed by atoms with Crippen molar-refractivity contribution in [2.45, 2.75) is 56.6 Å². The molecule has 0 saturated heterocycles. The molecule has 0 aromatic carbocycles. The van der Waals surface area contributed by atoms with E-state index in [2.05, 4.69) is 0 Å². The second-order valence-electron chi connectivity index (χ2n) is 6.48. The van der Waals surface area contributed by atoms with Crippen LogP contribution in [0.2, 0.25) is 0 Å². The van der Waals surface area contributed by atoms with Crippen molar-refractivity contribution >= 4 is 12.6 Å². The second-order valence-corrected chi connectivity index (χ2v) is 7.21. The first-order chi connectivity index (χ1) is 6.69. The van der Waals surface area contributed by atoms with Gasteiger partial charge in [0.15, 0.2) is 0 Å². The summed E-state index contributed by atoms with van der Waals surface area (Å²) >= 11 is 4.79. The van der Waals surface area contributed by atoms with Gasteiger partial charge in [-0.2, -0.15) is 12.6 Å². The van der Waals surface area contributed by atoms with E-state index < -0.39 is 0 Å². The van der Waals surface area contributed by atoms with Gasteiger partial charge in [-0.1, -0.05) is 11.1 Å². The zero-order valence-electron chi connectivity index (χ0n) is 8.68. The van der Waals surface area contributed by atoms with E-state index in [9.17, 15) is 0 Å². The highest BCUT2D eigenvalue weighted by molar-refractivity contribution is 7.80. The molecule has 0 aromatic heterocycles. The number of rotatable bonds is 0. The largest absolute Gasteiger partial charge is 0.176 e. The summed E-state index contributed by atoms with van der Waals surface area (Å²) in [4.78, 5) is 0. The van der Waals surface area contributed by atoms with E-state index in [0.717, 1.165) is 5.41 Å². The van der Waals surface area contributed by atoms with Gasteiger partial charge in [0.2, 0.25) is 0 Å². The van der Waals surface area contributed by atoms with Crippen LogP contribution in [0, 0.1) is 10.8 Å². The Morgan fingerprint density at radius 3 is 2.29 bits per heavy atom. The molecule has 0 bridgehead atoms. The van der Waals surface area contributed by atoms with Crippen molar-refractivity contribution in [3.05, 3.63) is 11.1 Å². The SMILES string of the molecule is S[C@H]1CC2(CC2)CC2(CC3=C(C3)C2)C1. The highest BCUT2D eigenvalue weighted by Gasteiger charge is 2.56.